The molecule has 0 fully saturated rings. The van der Waals surface area contributed by atoms with Gasteiger partial charge < -0.3 is 14.9 Å². The lowest BCUT2D eigenvalue weighted by atomic mass is 10.0. The van der Waals surface area contributed by atoms with E-state index in [0.29, 0.717) is 11.3 Å². The Labute approximate surface area is 115 Å². The van der Waals surface area contributed by atoms with Crippen molar-refractivity contribution in [1.82, 2.24) is 10.5 Å². The first-order valence-electron chi connectivity index (χ1n) is 6.06. The highest BCUT2D eigenvalue weighted by Gasteiger charge is 2.12. The molecule has 6 nitrogen and oxygen atoms in total. The zero-order valence-corrected chi connectivity index (χ0v) is 10.9. The number of nitrogens with zero attached hydrogens (tertiary/aromatic N) is 1. The Morgan fingerprint density at radius 3 is 2.60 bits per heavy atom. The van der Waals surface area contributed by atoms with Crippen molar-refractivity contribution in [2.45, 2.75) is 19.9 Å². The first-order chi connectivity index (χ1) is 9.56. The van der Waals surface area contributed by atoms with E-state index in [1.54, 1.807) is 37.3 Å². The summed E-state index contributed by atoms with van der Waals surface area (Å²) < 4.78 is 4.85. The van der Waals surface area contributed by atoms with Crippen LogP contribution in [0.3, 0.4) is 0 Å². The first-order valence-corrected chi connectivity index (χ1v) is 6.06. The van der Waals surface area contributed by atoms with Crippen LogP contribution in [-0.2, 0) is 17.8 Å². The third-order valence-electron chi connectivity index (χ3n) is 2.75. The molecular formula is C14H14N2O4. The van der Waals surface area contributed by atoms with E-state index in [1.807, 2.05) is 0 Å². The molecule has 0 bridgehead atoms. The molecule has 0 radical (unpaired) electrons. The van der Waals surface area contributed by atoms with E-state index in [4.69, 9.17) is 9.63 Å². The van der Waals surface area contributed by atoms with Gasteiger partial charge in [-0.3, -0.25) is 9.59 Å². The summed E-state index contributed by atoms with van der Waals surface area (Å²) in [6.45, 7) is 1.96. The van der Waals surface area contributed by atoms with E-state index in [9.17, 15) is 9.59 Å². The second kappa shape index (κ2) is 6.01. The van der Waals surface area contributed by atoms with Crippen molar-refractivity contribution in [2.75, 3.05) is 0 Å². The zero-order valence-electron chi connectivity index (χ0n) is 10.9. The Morgan fingerprint density at radius 2 is 2.00 bits per heavy atom. The highest BCUT2D eigenvalue weighted by atomic mass is 16.5. The number of aromatic nitrogens is 1. The van der Waals surface area contributed by atoms with Crippen molar-refractivity contribution >= 4 is 11.9 Å². The second-order valence-electron chi connectivity index (χ2n) is 4.35. The van der Waals surface area contributed by atoms with Crippen molar-refractivity contribution in [3.8, 4) is 0 Å². The first kappa shape index (κ1) is 13.8. The third kappa shape index (κ3) is 3.44. The number of carbonyl (C=O) groups excluding carboxylic acids is 1. The molecule has 0 unspecified atom stereocenters. The van der Waals surface area contributed by atoms with Crippen LogP contribution in [0.4, 0.5) is 0 Å². The number of amides is 1. The minimum atomic E-state index is -0.908. The zero-order chi connectivity index (χ0) is 14.5. The van der Waals surface area contributed by atoms with Crippen LogP contribution in [0.5, 0.6) is 0 Å². The second-order valence-corrected chi connectivity index (χ2v) is 4.35. The molecule has 1 heterocycles. The van der Waals surface area contributed by atoms with Crippen molar-refractivity contribution in [1.29, 1.82) is 0 Å². The van der Waals surface area contributed by atoms with E-state index >= 15 is 0 Å². The molecule has 1 aromatic heterocycles. The van der Waals surface area contributed by atoms with Gasteiger partial charge in [-0.1, -0.05) is 29.4 Å². The minimum Gasteiger partial charge on any atom is -0.481 e. The quantitative estimate of drug-likeness (QED) is 0.862. The van der Waals surface area contributed by atoms with E-state index in [2.05, 4.69) is 10.5 Å². The number of hydrogen-bond acceptors (Lipinski definition) is 4. The molecule has 20 heavy (non-hydrogen) atoms. The Bertz CT molecular complexity index is 634. The highest BCUT2D eigenvalue weighted by molar-refractivity contribution is 5.91. The number of nitrogens with one attached hydrogen (secondary N) is 1. The van der Waals surface area contributed by atoms with Crippen LogP contribution in [0.25, 0.3) is 0 Å². The summed E-state index contributed by atoms with van der Waals surface area (Å²) in [6.07, 6.45) is -0.0759. The predicted octanol–water partition coefficient (Wildman–Crippen LogP) is 1.54. The van der Waals surface area contributed by atoms with Gasteiger partial charge in [0.1, 0.15) is 0 Å². The summed E-state index contributed by atoms with van der Waals surface area (Å²) in [7, 11) is 0. The normalized spacial score (nSPS) is 10.2. The maximum atomic E-state index is 11.8. The molecule has 0 saturated carbocycles. The Kier molecular flexibility index (Phi) is 4.14. The number of aliphatic carboxylic acids is 1. The molecular weight excluding hydrogens is 260 g/mol. The number of rotatable bonds is 5. The summed E-state index contributed by atoms with van der Waals surface area (Å²) in [6, 6.07) is 8.62. The van der Waals surface area contributed by atoms with Gasteiger partial charge in [-0.25, -0.2) is 0 Å². The van der Waals surface area contributed by atoms with Gasteiger partial charge in [0.15, 0.2) is 0 Å². The number of benzene rings is 1. The van der Waals surface area contributed by atoms with Crippen LogP contribution in [0.1, 0.15) is 27.4 Å². The average molecular weight is 274 g/mol. The van der Waals surface area contributed by atoms with Crippen LogP contribution >= 0.6 is 0 Å². The Morgan fingerprint density at radius 1 is 1.30 bits per heavy atom. The average Bonchev–Trinajstić information content (AvgIpc) is 2.83. The minimum absolute atomic E-state index is 0.0759. The molecule has 2 aromatic rings. The van der Waals surface area contributed by atoms with Gasteiger partial charge in [-0.2, -0.15) is 0 Å². The summed E-state index contributed by atoms with van der Waals surface area (Å²) in [4.78, 5) is 22.6. The molecule has 0 aliphatic heterocycles. The monoisotopic (exact) mass is 274 g/mol. The van der Waals surface area contributed by atoms with Crippen LogP contribution in [0.2, 0.25) is 0 Å². The number of carboxylic acids is 1. The topological polar surface area (TPSA) is 92.4 Å². The van der Waals surface area contributed by atoms with Gasteiger partial charge in [0.05, 0.1) is 12.1 Å². The van der Waals surface area contributed by atoms with Crippen LogP contribution < -0.4 is 5.32 Å². The van der Waals surface area contributed by atoms with Gasteiger partial charge in [0.25, 0.3) is 5.91 Å². The molecule has 0 aliphatic rings. The van der Waals surface area contributed by atoms with E-state index in [0.717, 1.165) is 5.56 Å². The number of carboxylic acid groups (broad SMARTS) is 1. The van der Waals surface area contributed by atoms with Crippen LogP contribution in [0.15, 0.2) is 34.9 Å². The molecule has 2 rings (SSSR count). The molecule has 2 N–H and O–H groups in total. The highest BCUT2D eigenvalue weighted by Crippen LogP contribution is 2.10. The molecule has 0 saturated heterocycles. The molecule has 1 amide bonds. The van der Waals surface area contributed by atoms with Gasteiger partial charge in [0, 0.05) is 12.6 Å². The summed E-state index contributed by atoms with van der Waals surface area (Å²) in [5.74, 6) is -1.15. The molecule has 0 aliphatic carbocycles. The van der Waals surface area contributed by atoms with Crippen molar-refractivity contribution in [3.63, 3.8) is 0 Å². The fourth-order valence-electron chi connectivity index (χ4n) is 1.80. The van der Waals surface area contributed by atoms with Crippen molar-refractivity contribution in [2.24, 2.45) is 0 Å². The molecule has 0 spiro atoms. The molecule has 6 heteroatoms. The molecule has 1 aromatic carbocycles. The van der Waals surface area contributed by atoms with Gasteiger partial charge >= 0.3 is 5.97 Å². The smallest absolute Gasteiger partial charge is 0.307 e. The summed E-state index contributed by atoms with van der Waals surface area (Å²) in [5, 5.41) is 15.2. The fourth-order valence-corrected chi connectivity index (χ4v) is 1.80. The van der Waals surface area contributed by atoms with E-state index in [-0.39, 0.29) is 24.6 Å². The summed E-state index contributed by atoms with van der Waals surface area (Å²) in [5.41, 5.74) is 2.06. The molecule has 104 valence electrons. The lowest BCUT2D eigenvalue weighted by Crippen LogP contribution is -2.23. The lowest BCUT2D eigenvalue weighted by molar-refractivity contribution is -0.136. The van der Waals surface area contributed by atoms with Crippen LogP contribution in [0, 0.1) is 6.92 Å². The maximum absolute atomic E-state index is 11.8. The summed E-state index contributed by atoms with van der Waals surface area (Å²) >= 11 is 0. The SMILES string of the molecule is Cc1cc(C(=O)NCc2ccccc2CC(=O)O)on1. The van der Waals surface area contributed by atoms with Crippen molar-refractivity contribution < 1.29 is 19.2 Å². The number of hydrogen-bond donors (Lipinski definition) is 2. The van der Waals surface area contributed by atoms with Crippen LogP contribution in [-0.4, -0.2) is 22.1 Å². The third-order valence-corrected chi connectivity index (χ3v) is 2.75. The largest absolute Gasteiger partial charge is 0.481 e. The van der Waals surface area contributed by atoms with Crippen molar-refractivity contribution in [3.05, 3.63) is 52.9 Å². The predicted molar refractivity (Wildman–Crippen MR) is 70.2 cm³/mol. The fraction of sp³-hybridized carbons (Fsp3) is 0.214. The Hall–Kier alpha value is -2.63. The standard InChI is InChI=1S/C14H14N2O4/c1-9-6-12(20-16-9)14(19)15-8-11-5-3-2-4-10(11)7-13(17)18/h2-6H,7-8H2,1H3,(H,15,19)(H,17,18). The molecule has 0 atom stereocenters. The Balaban J connectivity index is 2.03. The van der Waals surface area contributed by atoms with Gasteiger partial charge in [-0.05, 0) is 18.1 Å². The number of aryl methyl sites for hydroxylation is 1. The van der Waals surface area contributed by atoms with Gasteiger partial charge in [-0.15, -0.1) is 0 Å². The lowest BCUT2D eigenvalue weighted by Gasteiger charge is -2.08. The van der Waals surface area contributed by atoms with Gasteiger partial charge in [0.2, 0.25) is 5.76 Å². The van der Waals surface area contributed by atoms with E-state index in [1.165, 1.54) is 0 Å². The number of carbonyl (C=O) groups is 2. The maximum Gasteiger partial charge on any atom is 0.307 e. The van der Waals surface area contributed by atoms with E-state index < -0.39 is 5.97 Å².